The molecule has 0 aromatic heterocycles. The van der Waals surface area contributed by atoms with Gasteiger partial charge in [0, 0.05) is 5.92 Å². The third-order valence-electron chi connectivity index (χ3n) is 3.50. The van der Waals surface area contributed by atoms with E-state index >= 15 is 0 Å². The molecule has 0 radical (unpaired) electrons. The Hall–Kier alpha value is -1.30. The Kier molecular flexibility index (Phi) is 3.28. The van der Waals surface area contributed by atoms with E-state index in [0.717, 1.165) is 11.8 Å². The van der Waals surface area contributed by atoms with Crippen molar-refractivity contribution in [3.63, 3.8) is 0 Å². The van der Waals surface area contributed by atoms with Crippen LogP contribution in [-0.2, 0) is 0 Å². The maximum absolute atomic E-state index is 3.79. The number of hydrogen-bond acceptors (Lipinski definition) is 0. The van der Waals surface area contributed by atoms with Crippen LogP contribution in [-0.4, -0.2) is 0 Å². The van der Waals surface area contributed by atoms with Gasteiger partial charge in [0.25, 0.3) is 0 Å². The summed E-state index contributed by atoms with van der Waals surface area (Å²) in [6, 6.07) is 0. The first kappa shape index (κ1) is 11.2. The largest absolute Gasteiger partial charge is 0.0991 e. The summed E-state index contributed by atoms with van der Waals surface area (Å²) in [7, 11) is 0. The molecule has 1 fully saturated rings. The van der Waals surface area contributed by atoms with E-state index in [1.807, 2.05) is 6.08 Å². The molecule has 0 aromatic carbocycles. The van der Waals surface area contributed by atoms with E-state index in [9.17, 15) is 0 Å². The van der Waals surface area contributed by atoms with Gasteiger partial charge in [0.15, 0.2) is 0 Å². The minimum Gasteiger partial charge on any atom is -0.0991 e. The molecule has 0 bridgehead atoms. The van der Waals surface area contributed by atoms with Crippen LogP contribution in [0.1, 0.15) is 20.3 Å². The lowest BCUT2D eigenvalue weighted by molar-refractivity contribution is 0.814. The molecular weight excluding hydrogens is 192 g/mol. The van der Waals surface area contributed by atoms with Crippen LogP contribution in [0.5, 0.6) is 0 Å². The molecule has 3 unspecified atom stereocenters. The van der Waals surface area contributed by atoms with E-state index in [0.29, 0.717) is 5.92 Å². The van der Waals surface area contributed by atoms with Crippen LogP contribution in [0.25, 0.3) is 0 Å². The van der Waals surface area contributed by atoms with E-state index < -0.39 is 0 Å². The van der Waals surface area contributed by atoms with Crippen LogP contribution in [0.4, 0.5) is 0 Å². The molecule has 2 aliphatic rings. The zero-order valence-corrected chi connectivity index (χ0v) is 10.2. The minimum atomic E-state index is 0.479. The summed E-state index contributed by atoms with van der Waals surface area (Å²) in [6.45, 7) is 8.12. The molecule has 0 nitrogen and oxygen atoms in total. The van der Waals surface area contributed by atoms with Crippen molar-refractivity contribution < 1.29 is 0 Å². The summed E-state index contributed by atoms with van der Waals surface area (Å²) in [4.78, 5) is 0. The van der Waals surface area contributed by atoms with E-state index in [1.54, 1.807) is 0 Å². The number of fused-ring (bicyclic) bond motifs is 1. The van der Waals surface area contributed by atoms with E-state index in [2.05, 4.69) is 56.9 Å². The molecule has 0 aromatic rings. The number of allylic oxidation sites excluding steroid dienone is 9. The zero-order chi connectivity index (χ0) is 11.5. The Morgan fingerprint density at radius 2 is 2.31 bits per heavy atom. The monoisotopic (exact) mass is 212 g/mol. The summed E-state index contributed by atoms with van der Waals surface area (Å²) >= 11 is 0. The SMILES string of the molecule is C=C/C=C(\C=C/C)C(C)C1=CC2CC2C=C1. The first-order valence-corrected chi connectivity index (χ1v) is 6.11. The van der Waals surface area contributed by atoms with Gasteiger partial charge in [-0.15, -0.1) is 0 Å². The molecule has 0 aliphatic heterocycles. The van der Waals surface area contributed by atoms with Crippen LogP contribution in [0, 0.1) is 17.8 Å². The Bertz CT molecular complexity index is 390. The smallest absolute Gasteiger partial charge is 0.00577 e. The highest BCUT2D eigenvalue weighted by molar-refractivity contribution is 5.40. The molecule has 0 heterocycles. The number of rotatable bonds is 4. The summed E-state index contributed by atoms with van der Waals surface area (Å²) < 4.78 is 0. The maximum atomic E-state index is 3.79. The zero-order valence-electron chi connectivity index (χ0n) is 10.2. The van der Waals surface area contributed by atoms with Crippen molar-refractivity contribution in [2.45, 2.75) is 20.3 Å². The molecule has 0 amide bonds. The standard InChI is InChI=1S/C16H20/c1-4-6-13(7-5-2)12(3)14-8-9-15-11-16(15)10-14/h4-10,12,15-16H,1,11H2,2-3H3/b7-5-,13-6+. The minimum absolute atomic E-state index is 0.479. The number of hydrogen-bond donors (Lipinski definition) is 0. The quantitative estimate of drug-likeness (QED) is 0.604. The first-order valence-electron chi connectivity index (χ1n) is 6.11. The highest BCUT2D eigenvalue weighted by Crippen LogP contribution is 2.45. The summed E-state index contributed by atoms with van der Waals surface area (Å²) in [5.74, 6) is 2.16. The van der Waals surface area contributed by atoms with Gasteiger partial charge in [-0.2, -0.15) is 0 Å². The van der Waals surface area contributed by atoms with Gasteiger partial charge in [0.2, 0.25) is 0 Å². The van der Waals surface area contributed by atoms with Gasteiger partial charge in [-0.25, -0.2) is 0 Å². The predicted molar refractivity (Wildman–Crippen MR) is 71.1 cm³/mol. The van der Waals surface area contributed by atoms with Crippen molar-refractivity contribution in [1.29, 1.82) is 0 Å². The molecule has 3 atom stereocenters. The molecule has 2 rings (SSSR count). The second-order valence-electron chi connectivity index (χ2n) is 4.71. The highest BCUT2D eigenvalue weighted by Gasteiger charge is 2.35. The highest BCUT2D eigenvalue weighted by atomic mass is 14.4. The molecular formula is C16H20. The Morgan fingerprint density at radius 1 is 1.50 bits per heavy atom. The van der Waals surface area contributed by atoms with Gasteiger partial charge in [0.05, 0.1) is 0 Å². The topological polar surface area (TPSA) is 0 Å². The second-order valence-corrected chi connectivity index (χ2v) is 4.71. The normalized spacial score (nSPS) is 29.9. The molecule has 1 saturated carbocycles. The van der Waals surface area contributed by atoms with Crippen molar-refractivity contribution in [2.75, 3.05) is 0 Å². The van der Waals surface area contributed by atoms with Crippen molar-refractivity contribution >= 4 is 0 Å². The summed E-state index contributed by atoms with van der Waals surface area (Å²) in [6.07, 6.45) is 16.7. The van der Waals surface area contributed by atoms with Crippen LogP contribution in [0.3, 0.4) is 0 Å². The molecule has 16 heavy (non-hydrogen) atoms. The molecule has 0 saturated heterocycles. The fourth-order valence-corrected chi connectivity index (χ4v) is 2.34. The van der Waals surface area contributed by atoms with Gasteiger partial charge in [-0.3, -0.25) is 0 Å². The van der Waals surface area contributed by atoms with Crippen molar-refractivity contribution in [3.05, 3.63) is 60.3 Å². The summed E-state index contributed by atoms with van der Waals surface area (Å²) in [5.41, 5.74) is 2.80. The van der Waals surface area contributed by atoms with Gasteiger partial charge < -0.3 is 0 Å². The van der Waals surface area contributed by atoms with E-state index in [-0.39, 0.29) is 0 Å². The Labute approximate surface area is 98.8 Å². The molecule has 0 heteroatoms. The Morgan fingerprint density at radius 3 is 2.94 bits per heavy atom. The average molecular weight is 212 g/mol. The van der Waals surface area contributed by atoms with Crippen LogP contribution >= 0.6 is 0 Å². The second kappa shape index (κ2) is 4.69. The van der Waals surface area contributed by atoms with E-state index in [1.165, 1.54) is 17.6 Å². The first-order chi connectivity index (χ1) is 7.76. The summed E-state index contributed by atoms with van der Waals surface area (Å²) in [5, 5.41) is 0. The molecule has 0 spiro atoms. The Balaban J connectivity index is 2.16. The van der Waals surface area contributed by atoms with Crippen LogP contribution in [0.2, 0.25) is 0 Å². The van der Waals surface area contributed by atoms with E-state index in [4.69, 9.17) is 0 Å². The fourth-order valence-electron chi connectivity index (χ4n) is 2.34. The van der Waals surface area contributed by atoms with Gasteiger partial charge >= 0.3 is 0 Å². The van der Waals surface area contributed by atoms with Gasteiger partial charge in [-0.05, 0) is 36.3 Å². The van der Waals surface area contributed by atoms with Crippen LogP contribution in [0.15, 0.2) is 60.3 Å². The van der Waals surface area contributed by atoms with Crippen molar-refractivity contribution in [2.24, 2.45) is 17.8 Å². The van der Waals surface area contributed by atoms with Crippen molar-refractivity contribution in [1.82, 2.24) is 0 Å². The lowest BCUT2D eigenvalue weighted by Crippen LogP contribution is -2.02. The lowest BCUT2D eigenvalue weighted by atomic mass is 9.89. The fraction of sp³-hybridized carbons (Fsp3) is 0.375. The maximum Gasteiger partial charge on any atom is 0.00577 e. The molecule has 0 N–H and O–H groups in total. The van der Waals surface area contributed by atoms with Gasteiger partial charge in [-0.1, -0.05) is 56.0 Å². The lowest BCUT2D eigenvalue weighted by Gasteiger charge is -2.16. The average Bonchev–Trinajstić information content (AvgIpc) is 3.05. The molecule has 2 aliphatic carbocycles. The molecule has 84 valence electrons. The van der Waals surface area contributed by atoms with Crippen molar-refractivity contribution in [3.8, 4) is 0 Å². The third-order valence-corrected chi connectivity index (χ3v) is 3.50. The van der Waals surface area contributed by atoms with Gasteiger partial charge in [0.1, 0.15) is 0 Å². The predicted octanol–water partition coefficient (Wildman–Crippen LogP) is 4.44. The third kappa shape index (κ3) is 2.27. The van der Waals surface area contributed by atoms with Crippen LogP contribution < -0.4 is 0 Å².